The lowest BCUT2D eigenvalue weighted by molar-refractivity contribution is -0.125. The first-order chi connectivity index (χ1) is 14.4. The van der Waals surface area contributed by atoms with Gasteiger partial charge in [-0.25, -0.2) is 4.79 Å². The van der Waals surface area contributed by atoms with Crippen LogP contribution < -0.4 is 10.6 Å². The zero-order valence-electron chi connectivity index (χ0n) is 17.4. The van der Waals surface area contributed by atoms with Gasteiger partial charge < -0.3 is 15.5 Å². The van der Waals surface area contributed by atoms with Crippen LogP contribution in [0.2, 0.25) is 10.0 Å². The topological polar surface area (TPSA) is 61.4 Å². The van der Waals surface area contributed by atoms with E-state index in [4.69, 9.17) is 23.2 Å². The molecule has 2 bridgehead atoms. The summed E-state index contributed by atoms with van der Waals surface area (Å²) in [7, 11) is 0. The first-order valence-corrected chi connectivity index (χ1v) is 12.0. The SMILES string of the molecule is C.O=C(CC1CCCN1C(=O)NCc1ccc(Cl)cc1Cl)NC12CCCC(CCC1)C2. The van der Waals surface area contributed by atoms with Gasteiger partial charge in [-0.3, -0.25) is 4.79 Å². The summed E-state index contributed by atoms with van der Waals surface area (Å²) in [6.07, 6.45) is 10.6. The Hall–Kier alpha value is -1.46. The zero-order valence-corrected chi connectivity index (χ0v) is 18.9. The highest BCUT2D eigenvalue weighted by Crippen LogP contribution is 2.42. The molecular formula is C24H35Cl2N3O2. The predicted molar refractivity (Wildman–Crippen MR) is 126 cm³/mol. The maximum Gasteiger partial charge on any atom is 0.317 e. The highest BCUT2D eigenvalue weighted by molar-refractivity contribution is 6.35. The van der Waals surface area contributed by atoms with Gasteiger partial charge >= 0.3 is 6.03 Å². The Morgan fingerprint density at radius 2 is 1.84 bits per heavy atom. The minimum absolute atomic E-state index is 0. The van der Waals surface area contributed by atoms with E-state index in [0.717, 1.165) is 43.6 Å². The number of hydrogen-bond donors (Lipinski definition) is 2. The van der Waals surface area contributed by atoms with Gasteiger partial charge in [-0.2, -0.15) is 0 Å². The zero-order chi connectivity index (χ0) is 21.1. The molecule has 5 nitrogen and oxygen atoms in total. The largest absolute Gasteiger partial charge is 0.351 e. The van der Waals surface area contributed by atoms with Crippen LogP contribution in [0.25, 0.3) is 0 Å². The summed E-state index contributed by atoms with van der Waals surface area (Å²) in [5.74, 6) is 0.879. The number of nitrogens with zero attached hydrogens (tertiary/aromatic N) is 1. The normalized spacial score (nSPS) is 27.4. The first-order valence-electron chi connectivity index (χ1n) is 11.2. The molecule has 1 saturated heterocycles. The van der Waals surface area contributed by atoms with E-state index >= 15 is 0 Å². The van der Waals surface area contributed by atoms with Crippen molar-refractivity contribution in [2.75, 3.05) is 6.54 Å². The number of urea groups is 1. The lowest BCUT2D eigenvalue weighted by atomic mass is 9.67. The highest BCUT2D eigenvalue weighted by atomic mass is 35.5. The third-order valence-electron chi connectivity index (χ3n) is 7.12. The Kier molecular flexibility index (Phi) is 8.14. The molecule has 31 heavy (non-hydrogen) atoms. The number of halogens is 2. The molecule has 3 amide bonds. The maximum absolute atomic E-state index is 12.9. The Morgan fingerprint density at radius 3 is 2.55 bits per heavy atom. The maximum atomic E-state index is 12.9. The van der Waals surface area contributed by atoms with Gasteiger partial charge in [-0.05, 0) is 55.7 Å². The van der Waals surface area contributed by atoms with E-state index in [9.17, 15) is 9.59 Å². The fourth-order valence-electron chi connectivity index (χ4n) is 5.68. The highest BCUT2D eigenvalue weighted by Gasteiger charge is 2.41. The Morgan fingerprint density at radius 1 is 1.10 bits per heavy atom. The van der Waals surface area contributed by atoms with Crippen LogP contribution in [-0.2, 0) is 11.3 Å². The van der Waals surface area contributed by atoms with Crippen molar-refractivity contribution in [1.29, 1.82) is 0 Å². The first kappa shape index (κ1) is 24.2. The summed E-state index contributed by atoms with van der Waals surface area (Å²) >= 11 is 12.1. The van der Waals surface area contributed by atoms with E-state index in [1.807, 2.05) is 11.0 Å². The number of hydrogen-bond acceptors (Lipinski definition) is 2. The Labute approximate surface area is 196 Å². The Balaban J connectivity index is 0.00000272. The number of fused-ring (bicyclic) bond motifs is 2. The third kappa shape index (κ3) is 5.87. The van der Waals surface area contributed by atoms with Gasteiger partial charge in [0, 0.05) is 41.1 Å². The van der Waals surface area contributed by atoms with Crippen molar-refractivity contribution in [3.8, 4) is 0 Å². The fraction of sp³-hybridized carbons (Fsp3) is 0.667. The summed E-state index contributed by atoms with van der Waals surface area (Å²) in [6, 6.07) is 5.09. The minimum atomic E-state index is -0.134. The Bertz CT molecular complexity index is 791. The number of carbonyl (C=O) groups is 2. The van der Waals surface area contributed by atoms with Gasteiger partial charge in [0.1, 0.15) is 0 Å². The molecule has 172 valence electrons. The van der Waals surface area contributed by atoms with Gasteiger partial charge in [0.15, 0.2) is 0 Å². The number of nitrogens with one attached hydrogen (secondary N) is 2. The van der Waals surface area contributed by atoms with Gasteiger partial charge in [0.2, 0.25) is 5.91 Å². The number of carbonyl (C=O) groups excluding carboxylic acids is 2. The average Bonchev–Trinajstić information content (AvgIpc) is 3.15. The van der Waals surface area contributed by atoms with Crippen LogP contribution >= 0.6 is 23.2 Å². The molecule has 2 N–H and O–H groups in total. The molecule has 1 unspecified atom stereocenters. The molecule has 1 aliphatic heterocycles. The molecule has 0 spiro atoms. The minimum Gasteiger partial charge on any atom is -0.351 e. The smallest absolute Gasteiger partial charge is 0.317 e. The summed E-state index contributed by atoms with van der Waals surface area (Å²) in [5.41, 5.74) is 0.834. The quantitative estimate of drug-likeness (QED) is 0.563. The fourth-order valence-corrected chi connectivity index (χ4v) is 6.15. The second-order valence-electron chi connectivity index (χ2n) is 9.27. The predicted octanol–water partition coefficient (Wildman–Crippen LogP) is 5.92. The van der Waals surface area contributed by atoms with Crippen LogP contribution in [0.15, 0.2) is 18.2 Å². The number of rotatable bonds is 5. The second kappa shape index (κ2) is 10.4. The van der Waals surface area contributed by atoms with Crippen molar-refractivity contribution in [2.45, 2.75) is 89.8 Å². The van der Waals surface area contributed by atoms with Crippen LogP contribution in [0.5, 0.6) is 0 Å². The molecule has 1 heterocycles. The van der Waals surface area contributed by atoms with Gasteiger partial charge in [-0.1, -0.05) is 62.4 Å². The van der Waals surface area contributed by atoms with Crippen molar-refractivity contribution >= 4 is 35.1 Å². The van der Waals surface area contributed by atoms with Gasteiger partial charge in [0.25, 0.3) is 0 Å². The monoisotopic (exact) mass is 467 g/mol. The van der Waals surface area contributed by atoms with E-state index in [2.05, 4.69) is 10.6 Å². The summed E-state index contributed by atoms with van der Waals surface area (Å²) in [6.45, 7) is 1.03. The standard InChI is InChI=1S/C23H31Cl2N3O2.CH4/c24-18-8-7-17(20(25)12-18)15-26-22(30)28-11-3-6-19(28)13-21(29)27-23-9-1-4-16(14-23)5-2-10-23;/h7-8,12,16,19H,1-6,9-11,13-15H2,(H,26,30)(H,27,29);1H4. The molecule has 4 rings (SSSR count). The van der Waals surface area contributed by atoms with Crippen molar-refractivity contribution in [3.63, 3.8) is 0 Å². The lowest BCUT2D eigenvalue weighted by Gasteiger charge is -2.46. The third-order valence-corrected chi connectivity index (χ3v) is 7.71. The number of likely N-dealkylation sites (tertiary alicyclic amines) is 1. The van der Waals surface area contributed by atoms with Crippen molar-refractivity contribution < 1.29 is 9.59 Å². The number of benzene rings is 1. The van der Waals surface area contributed by atoms with E-state index in [0.29, 0.717) is 29.6 Å². The summed E-state index contributed by atoms with van der Waals surface area (Å²) in [4.78, 5) is 27.5. The van der Waals surface area contributed by atoms with Crippen LogP contribution in [0.3, 0.4) is 0 Å². The van der Waals surface area contributed by atoms with E-state index in [1.54, 1.807) is 12.1 Å². The lowest BCUT2D eigenvalue weighted by Crippen LogP contribution is -2.54. The average molecular weight is 468 g/mol. The van der Waals surface area contributed by atoms with Crippen LogP contribution in [-0.4, -0.2) is 35.0 Å². The summed E-state index contributed by atoms with van der Waals surface area (Å²) in [5, 5.41) is 7.45. The van der Waals surface area contributed by atoms with E-state index < -0.39 is 0 Å². The molecule has 7 heteroatoms. The molecule has 3 aliphatic rings. The van der Waals surface area contributed by atoms with Crippen molar-refractivity contribution in [3.05, 3.63) is 33.8 Å². The van der Waals surface area contributed by atoms with E-state index in [1.165, 1.54) is 25.7 Å². The molecule has 0 radical (unpaired) electrons. The molecular weight excluding hydrogens is 433 g/mol. The van der Waals surface area contributed by atoms with Crippen molar-refractivity contribution in [2.24, 2.45) is 5.92 Å². The van der Waals surface area contributed by atoms with Gasteiger partial charge in [-0.15, -0.1) is 0 Å². The number of amides is 3. The molecule has 2 aliphatic carbocycles. The summed E-state index contributed by atoms with van der Waals surface area (Å²) < 4.78 is 0. The molecule has 1 atom stereocenters. The van der Waals surface area contributed by atoms with Crippen LogP contribution in [0.4, 0.5) is 4.79 Å². The molecule has 0 aromatic heterocycles. The van der Waals surface area contributed by atoms with Crippen LogP contribution in [0.1, 0.15) is 77.2 Å². The molecule has 2 saturated carbocycles. The van der Waals surface area contributed by atoms with Crippen LogP contribution in [0, 0.1) is 5.92 Å². The van der Waals surface area contributed by atoms with E-state index in [-0.39, 0.29) is 30.9 Å². The molecule has 1 aromatic rings. The van der Waals surface area contributed by atoms with Crippen molar-refractivity contribution in [1.82, 2.24) is 15.5 Å². The second-order valence-corrected chi connectivity index (χ2v) is 10.1. The molecule has 1 aromatic carbocycles. The van der Waals surface area contributed by atoms with Gasteiger partial charge in [0.05, 0.1) is 0 Å². The molecule has 3 fully saturated rings.